The molecular formula is C26H29F4N5O3S. The number of nitrogens with two attached hydrogens (primary N) is 1. The molecule has 1 saturated heterocycles. The van der Waals surface area contributed by atoms with E-state index in [2.05, 4.69) is 22.5 Å². The number of sulfonamides is 1. The number of aromatic nitrogens is 1. The quantitative estimate of drug-likeness (QED) is 0.297. The summed E-state index contributed by atoms with van der Waals surface area (Å²) in [6.45, 7) is -0.0779. The van der Waals surface area contributed by atoms with Crippen LogP contribution in [0.25, 0.3) is 10.9 Å². The molecule has 2 heterocycles. The summed E-state index contributed by atoms with van der Waals surface area (Å²) >= 11 is 0. The van der Waals surface area contributed by atoms with Crippen molar-refractivity contribution in [2.45, 2.75) is 36.3 Å². The van der Waals surface area contributed by atoms with Gasteiger partial charge in [-0.05, 0) is 43.8 Å². The van der Waals surface area contributed by atoms with Gasteiger partial charge in [0.15, 0.2) is 0 Å². The van der Waals surface area contributed by atoms with E-state index < -0.39 is 35.0 Å². The minimum Gasteiger partial charge on any atom is -0.495 e. The Morgan fingerprint density at radius 2 is 1.95 bits per heavy atom. The van der Waals surface area contributed by atoms with Gasteiger partial charge in [-0.1, -0.05) is 11.8 Å². The molecule has 0 bridgehead atoms. The van der Waals surface area contributed by atoms with Crippen LogP contribution in [0.3, 0.4) is 0 Å². The molecule has 13 heteroatoms. The number of halogens is 4. The lowest BCUT2D eigenvalue weighted by Gasteiger charge is -2.33. The molecule has 1 aliphatic rings. The third kappa shape index (κ3) is 7.14. The maximum absolute atomic E-state index is 14.7. The lowest BCUT2D eigenvalue weighted by Crippen LogP contribution is -2.46. The fraction of sp³-hybridized carbons (Fsp3) is 0.385. The molecule has 3 aromatic rings. The molecule has 2 aromatic carbocycles. The second-order valence-electron chi connectivity index (χ2n) is 9.40. The molecule has 4 rings (SSSR count). The highest BCUT2D eigenvalue weighted by atomic mass is 32.2. The summed E-state index contributed by atoms with van der Waals surface area (Å²) in [4.78, 5) is 1.79. The number of methoxy groups -OCH3 is 1. The number of hydrogen-bond donors (Lipinski definition) is 3. The molecule has 4 N–H and O–H groups in total. The Kier molecular flexibility index (Phi) is 8.29. The van der Waals surface area contributed by atoms with Gasteiger partial charge in [-0.25, -0.2) is 17.9 Å². The van der Waals surface area contributed by atoms with Crippen molar-refractivity contribution < 1.29 is 30.7 Å². The molecular weight excluding hydrogens is 538 g/mol. The molecule has 1 aromatic heterocycles. The Hall–Kier alpha value is -3.47. The van der Waals surface area contributed by atoms with Crippen molar-refractivity contribution in [2.75, 3.05) is 44.4 Å². The lowest BCUT2D eigenvalue weighted by atomic mass is 10.0. The Balaban J connectivity index is 1.60. The highest BCUT2D eigenvalue weighted by molar-refractivity contribution is 7.89. The smallest absolute Gasteiger partial charge is 0.406 e. The first-order valence-corrected chi connectivity index (χ1v) is 13.6. The van der Waals surface area contributed by atoms with Gasteiger partial charge in [0, 0.05) is 42.0 Å². The Bertz CT molecular complexity index is 1510. The number of hydrogen-bond acceptors (Lipinski definition) is 6. The fourth-order valence-electron chi connectivity index (χ4n) is 4.52. The van der Waals surface area contributed by atoms with Crippen LogP contribution in [0.5, 0.6) is 5.75 Å². The number of nitrogens with zero attached hydrogens (tertiary/aromatic N) is 2. The first-order valence-electron chi connectivity index (χ1n) is 12.1. The maximum Gasteiger partial charge on any atom is 0.406 e. The van der Waals surface area contributed by atoms with Crippen LogP contribution in [-0.2, 0) is 16.6 Å². The number of rotatable bonds is 7. The van der Waals surface area contributed by atoms with Crippen LogP contribution in [0, 0.1) is 11.8 Å². The fourth-order valence-corrected chi connectivity index (χ4v) is 5.05. The van der Waals surface area contributed by atoms with E-state index in [0.29, 0.717) is 40.8 Å². The van der Waals surface area contributed by atoms with Crippen LogP contribution >= 0.6 is 0 Å². The maximum atomic E-state index is 14.7. The SMILES string of the molecule is COc1cc(S(N)(=O)=O)ccc1NCC#Cc1cc(N[C@@H]2CCN(C)C[C@@H]2F)c2ccn(CC(F)(F)F)c2c1. The van der Waals surface area contributed by atoms with Crippen molar-refractivity contribution >= 4 is 32.3 Å². The Morgan fingerprint density at radius 3 is 2.62 bits per heavy atom. The average Bonchev–Trinajstić information content (AvgIpc) is 3.24. The van der Waals surface area contributed by atoms with Crippen LogP contribution < -0.4 is 20.5 Å². The van der Waals surface area contributed by atoms with E-state index in [4.69, 9.17) is 9.88 Å². The van der Waals surface area contributed by atoms with Gasteiger partial charge in [-0.3, -0.25) is 0 Å². The van der Waals surface area contributed by atoms with Crippen LogP contribution in [0.2, 0.25) is 0 Å². The van der Waals surface area contributed by atoms with Crippen molar-refractivity contribution in [3.63, 3.8) is 0 Å². The molecule has 0 amide bonds. The molecule has 0 spiro atoms. The van der Waals surface area contributed by atoms with E-state index >= 15 is 0 Å². The molecule has 0 radical (unpaired) electrons. The van der Waals surface area contributed by atoms with Gasteiger partial charge in [-0.2, -0.15) is 13.2 Å². The summed E-state index contributed by atoms with van der Waals surface area (Å²) in [6.07, 6.45) is -3.64. The predicted octanol–water partition coefficient (Wildman–Crippen LogP) is 3.78. The van der Waals surface area contributed by atoms with Gasteiger partial charge in [0.1, 0.15) is 18.5 Å². The zero-order chi connectivity index (χ0) is 28.4. The second-order valence-corrected chi connectivity index (χ2v) is 11.0. The summed E-state index contributed by atoms with van der Waals surface area (Å²) in [5.74, 6) is 6.12. The topological polar surface area (TPSA) is 102 Å². The third-order valence-corrected chi connectivity index (χ3v) is 7.34. The molecule has 39 heavy (non-hydrogen) atoms. The standard InChI is InChI=1S/C26H29F4N5O3S/c1-34-10-8-21(20(27)15-34)33-23-12-17(13-24-19(23)7-11-35(24)16-26(28,29)30)4-3-9-32-22-6-5-18(39(31,36)37)14-25(22)38-2/h5-7,11-14,20-21,32-33H,8-10,15-16H2,1-2H3,(H2,31,36,37)/t20-,21+/m0/s1. The van der Waals surface area contributed by atoms with Crippen LogP contribution in [0.15, 0.2) is 47.5 Å². The van der Waals surface area contributed by atoms with E-state index in [1.54, 1.807) is 18.2 Å². The van der Waals surface area contributed by atoms with E-state index in [9.17, 15) is 26.0 Å². The van der Waals surface area contributed by atoms with Crippen molar-refractivity contribution in [1.82, 2.24) is 9.47 Å². The number of fused-ring (bicyclic) bond motifs is 1. The number of likely N-dealkylation sites (tertiary alicyclic amines) is 1. The molecule has 2 atom stereocenters. The van der Waals surface area contributed by atoms with Gasteiger partial charge in [0.25, 0.3) is 0 Å². The molecule has 0 saturated carbocycles. The van der Waals surface area contributed by atoms with E-state index in [1.165, 1.54) is 31.5 Å². The molecule has 1 aliphatic heterocycles. The van der Waals surface area contributed by atoms with Crippen LogP contribution in [0.4, 0.5) is 28.9 Å². The third-order valence-electron chi connectivity index (χ3n) is 6.43. The van der Waals surface area contributed by atoms with E-state index in [-0.39, 0.29) is 23.7 Å². The first-order chi connectivity index (χ1) is 18.3. The van der Waals surface area contributed by atoms with Gasteiger partial charge >= 0.3 is 6.18 Å². The number of nitrogens with one attached hydrogen (secondary N) is 2. The summed E-state index contributed by atoms with van der Waals surface area (Å²) in [7, 11) is -0.683. The first kappa shape index (κ1) is 28.5. The lowest BCUT2D eigenvalue weighted by molar-refractivity contribution is -0.139. The summed E-state index contributed by atoms with van der Waals surface area (Å²) in [5.41, 5.74) is 1.78. The molecule has 0 unspecified atom stereocenters. The van der Waals surface area contributed by atoms with Gasteiger partial charge < -0.3 is 24.8 Å². The number of anilines is 2. The highest BCUT2D eigenvalue weighted by Crippen LogP contribution is 2.31. The molecule has 0 aliphatic carbocycles. The number of piperidine rings is 1. The zero-order valence-corrected chi connectivity index (χ0v) is 22.2. The predicted molar refractivity (Wildman–Crippen MR) is 142 cm³/mol. The van der Waals surface area contributed by atoms with Crippen LogP contribution in [0.1, 0.15) is 12.0 Å². The van der Waals surface area contributed by atoms with E-state index in [1.807, 2.05) is 11.9 Å². The summed E-state index contributed by atoms with van der Waals surface area (Å²) in [5, 5.41) is 11.9. The summed E-state index contributed by atoms with van der Waals surface area (Å²) < 4.78 is 83.8. The van der Waals surface area contributed by atoms with Crippen molar-refractivity contribution in [1.29, 1.82) is 0 Å². The second kappa shape index (κ2) is 11.3. The van der Waals surface area contributed by atoms with Gasteiger partial charge in [0.2, 0.25) is 10.0 Å². The van der Waals surface area contributed by atoms with Crippen molar-refractivity contribution in [3.8, 4) is 17.6 Å². The molecule has 1 fully saturated rings. The largest absolute Gasteiger partial charge is 0.495 e. The average molecular weight is 568 g/mol. The number of ether oxygens (including phenoxy) is 1. The normalized spacial score (nSPS) is 18.4. The molecule has 8 nitrogen and oxygen atoms in total. The van der Waals surface area contributed by atoms with Crippen molar-refractivity contribution in [3.05, 3.63) is 48.2 Å². The minimum atomic E-state index is -4.42. The zero-order valence-electron chi connectivity index (χ0n) is 21.3. The Labute approximate surface area is 224 Å². The monoisotopic (exact) mass is 567 g/mol. The summed E-state index contributed by atoms with van der Waals surface area (Å²) in [6, 6.07) is 8.49. The van der Waals surface area contributed by atoms with E-state index in [0.717, 1.165) is 4.57 Å². The Morgan fingerprint density at radius 1 is 1.18 bits per heavy atom. The number of benzene rings is 2. The number of alkyl halides is 4. The van der Waals surface area contributed by atoms with Gasteiger partial charge in [-0.15, -0.1) is 0 Å². The number of primary sulfonamides is 1. The van der Waals surface area contributed by atoms with Gasteiger partial charge in [0.05, 0.1) is 35.8 Å². The van der Waals surface area contributed by atoms with Crippen molar-refractivity contribution in [2.24, 2.45) is 5.14 Å². The minimum absolute atomic E-state index is 0.105. The molecule has 210 valence electrons. The van der Waals surface area contributed by atoms with Crippen LogP contribution in [-0.4, -0.2) is 70.1 Å². The highest BCUT2D eigenvalue weighted by Gasteiger charge is 2.30.